The van der Waals surface area contributed by atoms with Gasteiger partial charge in [-0.15, -0.1) is 0 Å². The summed E-state index contributed by atoms with van der Waals surface area (Å²) in [6.45, 7) is 0.877. The van der Waals surface area contributed by atoms with Crippen molar-refractivity contribution in [2.24, 2.45) is 5.92 Å². The van der Waals surface area contributed by atoms with Gasteiger partial charge in [-0.25, -0.2) is 9.67 Å². The molecule has 11 heteroatoms. The number of nitrogens with zero attached hydrogens (tertiary/aromatic N) is 5. The van der Waals surface area contributed by atoms with Gasteiger partial charge in [0.15, 0.2) is 5.65 Å². The number of likely N-dealkylation sites (tertiary alicyclic amines) is 1. The predicted molar refractivity (Wildman–Crippen MR) is 112 cm³/mol. The SMILES string of the molecule is O=C(C1CC1)N1CCC(O)(Cn2cnc3c(cnn3-c3cccc(C(F)(F)F)c3)c2=O)CC1. The Balaban J connectivity index is 1.38. The molecule has 5 rings (SSSR count). The lowest BCUT2D eigenvalue weighted by molar-refractivity contribution is -0.138. The lowest BCUT2D eigenvalue weighted by Crippen LogP contribution is -2.50. The highest BCUT2D eigenvalue weighted by Gasteiger charge is 2.39. The van der Waals surface area contributed by atoms with Crippen LogP contribution in [0.5, 0.6) is 0 Å². The number of carbonyl (C=O) groups excluding carboxylic acids is 1. The van der Waals surface area contributed by atoms with Crippen LogP contribution >= 0.6 is 0 Å². The number of amides is 1. The van der Waals surface area contributed by atoms with Crippen LogP contribution in [0.2, 0.25) is 0 Å². The van der Waals surface area contributed by atoms with Crippen molar-refractivity contribution >= 4 is 16.9 Å². The molecule has 3 aromatic rings. The van der Waals surface area contributed by atoms with Gasteiger partial charge in [-0.3, -0.25) is 14.2 Å². The number of aliphatic hydroxyl groups is 1. The second kappa shape index (κ2) is 7.68. The van der Waals surface area contributed by atoms with E-state index in [9.17, 15) is 27.9 Å². The molecule has 3 heterocycles. The fraction of sp³-hybridized carbons (Fsp3) is 0.455. The maximum Gasteiger partial charge on any atom is 0.416 e. The van der Waals surface area contributed by atoms with Gasteiger partial charge < -0.3 is 10.0 Å². The maximum absolute atomic E-state index is 13.1. The average molecular weight is 461 g/mol. The molecule has 8 nitrogen and oxygen atoms in total. The Morgan fingerprint density at radius 2 is 1.94 bits per heavy atom. The van der Waals surface area contributed by atoms with E-state index in [1.54, 1.807) is 4.90 Å². The van der Waals surface area contributed by atoms with Crippen LogP contribution in [0.4, 0.5) is 13.2 Å². The first-order valence-electron chi connectivity index (χ1n) is 10.8. The van der Waals surface area contributed by atoms with Crippen molar-refractivity contribution in [3.05, 3.63) is 52.7 Å². The molecule has 1 aliphatic heterocycles. The van der Waals surface area contributed by atoms with Crippen LogP contribution in [0.25, 0.3) is 16.7 Å². The molecular weight excluding hydrogens is 439 g/mol. The molecule has 2 aliphatic rings. The molecular formula is C22H22F3N5O3. The minimum atomic E-state index is -4.51. The summed E-state index contributed by atoms with van der Waals surface area (Å²) in [6.07, 6.45) is 0.578. The van der Waals surface area contributed by atoms with E-state index in [1.165, 1.54) is 33.9 Å². The highest BCUT2D eigenvalue weighted by atomic mass is 19.4. The number of aromatic nitrogens is 4. The molecule has 1 amide bonds. The second-order valence-electron chi connectivity index (χ2n) is 8.84. The highest BCUT2D eigenvalue weighted by Crippen LogP contribution is 2.34. The van der Waals surface area contributed by atoms with E-state index in [1.807, 2.05) is 0 Å². The molecule has 1 aromatic carbocycles. The number of hydrogen-bond donors (Lipinski definition) is 1. The first-order valence-corrected chi connectivity index (χ1v) is 10.8. The fourth-order valence-electron chi connectivity index (χ4n) is 4.27. The molecule has 0 spiro atoms. The van der Waals surface area contributed by atoms with Crippen molar-refractivity contribution in [1.82, 2.24) is 24.2 Å². The van der Waals surface area contributed by atoms with Gasteiger partial charge in [0.1, 0.15) is 11.7 Å². The lowest BCUT2D eigenvalue weighted by atomic mass is 9.91. The lowest BCUT2D eigenvalue weighted by Gasteiger charge is -2.38. The zero-order valence-corrected chi connectivity index (χ0v) is 17.6. The molecule has 1 saturated heterocycles. The normalized spacial score (nSPS) is 18.6. The minimum absolute atomic E-state index is 0.00890. The Kier molecular flexibility index (Phi) is 5.04. The van der Waals surface area contributed by atoms with E-state index in [4.69, 9.17) is 0 Å². The van der Waals surface area contributed by atoms with Gasteiger partial charge in [0.25, 0.3) is 5.56 Å². The van der Waals surface area contributed by atoms with Gasteiger partial charge >= 0.3 is 6.18 Å². The number of alkyl halides is 3. The quantitative estimate of drug-likeness (QED) is 0.644. The summed E-state index contributed by atoms with van der Waals surface area (Å²) in [5.74, 6) is 0.262. The summed E-state index contributed by atoms with van der Waals surface area (Å²) < 4.78 is 41.7. The van der Waals surface area contributed by atoms with Gasteiger partial charge in [0, 0.05) is 19.0 Å². The molecule has 0 unspecified atom stereocenters. The zero-order chi connectivity index (χ0) is 23.4. The second-order valence-corrected chi connectivity index (χ2v) is 8.84. The third kappa shape index (κ3) is 4.12. The Labute approximate surface area is 186 Å². The van der Waals surface area contributed by atoms with Crippen molar-refractivity contribution in [3.8, 4) is 5.69 Å². The summed E-state index contributed by atoms with van der Waals surface area (Å²) >= 11 is 0. The molecule has 1 N–H and O–H groups in total. The summed E-state index contributed by atoms with van der Waals surface area (Å²) in [6, 6.07) is 4.62. The number of piperidine rings is 1. The third-order valence-electron chi connectivity index (χ3n) is 6.37. The van der Waals surface area contributed by atoms with E-state index in [2.05, 4.69) is 10.1 Å². The van der Waals surface area contributed by atoms with Crippen molar-refractivity contribution in [1.29, 1.82) is 0 Å². The minimum Gasteiger partial charge on any atom is -0.388 e. The van der Waals surface area contributed by atoms with E-state index in [0.29, 0.717) is 25.9 Å². The van der Waals surface area contributed by atoms with Crippen LogP contribution in [-0.2, 0) is 17.5 Å². The Bertz CT molecular complexity index is 1270. The van der Waals surface area contributed by atoms with Crippen LogP contribution in [0.15, 0.2) is 41.6 Å². The molecule has 0 atom stereocenters. The maximum atomic E-state index is 13.1. The summed E-state index contributed by atoms with van der Waals surface area (Å²) in [4.78, 5) is 31.3. The van der Waals surface area contributed by atoms with E-state index in [0.717, 1.165) is 25.0 Å². The largest absolute Gasteiger partial charge is 0.416 e. The number of fused-ring (bicyclic) bond motifs is 1. The van der Waals surface area contributed by atoms with Gasteiger partial charge in [-0.2, -0.15) is 18.3 Å². The smallest absolute Gasteiger partial charge is 0.388 e. The standard InChI is InChI=1S/C22H22F3N5O3/c23-22(24,25)15-2-1-3-16(10-15)30-18-17(11-27-30)20(32)29(13-26-18)12-21(33)6-8-28(9-7-21)19(31)14-4-5-14/h1-3,10-11,13-14,33H,4-9,12H2. The molecule has 2 fully saturated rings. The number of carbonyl (C=O) groups is 1. The third-order valence-corrected chi connectivity index (χ3v) is 6.37. The summed E-state index contributed by atoms with van der Waals surface area (Å²) in [5.41, 5.74) is -2.16. The monoisotopic (exact) mass is 461 g/mol. The van der Waals surface area contributed by atoms with Crippen LogP contribution < -0.4 is 5.56 Å². The molecule has 2 aromatic heterocycles. The van der Waals surface area contributed by atoms with Gasteiger partial charge in [0.05, 0.1) is 29.6 Å². The Morgan fingerprint density at radius 1 is 1.21 bits per heavy atom. The summed E-state index contributed by atoms with van der Waals surface area (Å²) in [5, 5.41) is 15.2. The molecule has 1 saturated carbocycles. The number of hydrogen-bond acceptors (Lipinski definition) is 5. The van der Waals surface area contributed by atoms with Crippen molar-refractivity contribution in [3.63, 3.8) is 0 Å². The van der Waals surface area contributed by atoms with Crippen molar-refractivity contribution in [2.75, 3.05) is 13.1 Å². The van der Waals surface area contributed by atoms with Crippen LogP contribution in [0.1, 0.15) is 31.2 Å². The van der Waals surface area contributed by atoms with Crippen LogP contribution in [0, 0.1) is 5.92 Å². The van der Waals surface area contributed by atoms with Gasteiger partial charge in [0.2, 0.25) is 5.91 Å². The van der Waals surface area contributed by atoms with E-state index < -0.39 is 22.9 Å². The molecule has 0 radical (unpaired) electrons. The molecule has 0 bridgehead atoms. The highest BCUT2D eigenvalue weighted by molar-refractivity contribution is 5.81. The summed E-state index contributed by atoms with van der Waals surface area (Å²) in [7, 11) is 0. The fourth-order valence-corrected chi connectivity index (χ4v) is 4.27. The first kappa shape index (κ1) is 21.6. The average Bonchev–Trinajstić information content (AvgIpc) is 3.54. The predicted octanol–water partition coefficient (Wildman–Crippen LogP) is 2.36. The topological polar surface area (TPSA) is 93.2 Å². The Hall–Kier alpha value is -3.21. The Morgan fingerprint density at radius 3 is 2.61 bits per heavy atom. The van der Waals surface area contributed by atoms with Gasteiger partial charge in [-0.1, -0.05) is 6.07 Å². The molecule has 1 aliphatic carbocycles. The zero-order valence-electron chi connectivity index (χ0n) is 17.6. The van der Waals surface area contributed by atoms with Crippen molar-refractivity contribution in [2.45, 2.75) is 44.0 Å². The van der Waals surface area contributed by atoms with Crippen molar-refractivity contribution < 1.29 is 23.1 Å². The van der Waals surface area contributed by atoms with Crippen LogP contribution in [0.3, 0.4) is 0 Å². The number of rotatable bonds is 4. The van der Waals surface area contributed by atoms with Gasteiger partial charge in [-0.05, 0) is 43.9 Å². The van der Waals surface area contributed by atoms with Crippen LogP contribution in [-0.4, -0.2) is 53.9 Å². The van der Waals surface area contributed by atoms with E-state index >= 15 is 0 Å². The first-order chi connectivity index (χ1) is 15.6. The molecule has 174 valence electrons. The number of benzene rings is 1. The van der Waals surface area contributed by atoms with E-state index in [-0.39, 0.29) is 35.1 Å². The number of halogens is 3. The molecule has 33 heavy (non-hydrogen) atoms.